The van der Waals surface area contributed by atoms with Gasteiger partial charge in [0.05, 0.1) is 34.1 Å². The normalized spacial score (nSPS) is 14.9. The first-order valence-electron chi connectivity index (χ1n) is 12.4. The Morgan fingerprint density at radius 2 is 1.87 bits per heavy atom. The van der Waals surface area contributed by atoms with Crippen LogP contribution in [-0.4, -0.2) is 54.9 Å². The second-order valence-electron chi connectivity index (χ2n) is 8.70. The minimum atomic E-state index is -1.29. The van der Waals surface area contributed by atoms with Crippen molar-refractivity contribution in [2.45, 2.75) is 26.4 Å². The Morgan fingerprint density at radius 1 is 1.15 bits per heavy atom. The van der Waals surface area contributed by atoms with Gasteiger partial charge in [0.2, 0.25) is 0 Å². The van der Waals surface area contributed by atoms with E-state index >= 15 is 0 Å². The SMILES string of the molecule is CCOCCN(CC)c1ncc(F)cc1C(=O)NC1N=C(c2c(Cl)cc(Cl)cc2Cl)c2ccccc2CC1=O. The molecule has 11 heteroatoms. The second-order valence-corrected chi connectivity index (χ2v) is 9.95. The maximum atomic E-state index is 14.3. The number of anilines is 1. The molecule has 4 rings (SSSR count). The Bertz CT molecular complexity index is 1410. The number of hydrogen-bond donors (Lipinski definition) is 1. The van der Waals surface area contributed by atoms with Crippen molar-refractivity contribution in [3.8, 4) is 0 Å². The lowest BCUT2D eigenvalue weighted by Crippen LogP contribution is -2.41. The molecule has 0 bridgehead atoms. The van der Waals surface area contributed by atoms with Gasteiger partial charge in [-0.05, 0) is 37.6 Å². The third-order valence-corrected chi connectivity index (χ3v) is 7.00. The van der Waals surface area contributed by atoms with Crippen molar-refractivity contribution in [1.29, 1.82) is 0 Å². The standard InChI is InChI=1S/C28H26Cl3FN4O3/c1-3-36(9-10-39-4-2)27-20(14-18(32)15-33-27)28(38)35-26-23(37)11-16-7-5-6-8-19(16)25(34-26)24-21(30)12-17(29)13-22(24)31/h5-8,12-15,26H,3-4,9-11H2,1-2H3,(H,35,38). The summed E-state index contributed by atoms with van der Waals surface area (Å²) in [6.45, 7) is 5.65. The number of carbonyl (C=O) groups is 2. The maximum Gasteiger partial charge on any atom is 0.257 e. The Hall–Kier alpha value is -3.04. The molecule has 0 aliphatic carbocycles. The van der Waals surface area contributed by atoms with Crippen LogP contribution in [0.3, 0.4) is 0 Å². The van der Waals surface area contributed by atoms with Crippen LogP contribution in [0.1, 0.15) is 40.9 Å². The fourth-order valence-corrected chi connectivity index (χ4v) is 5.32. The number of Topliss-reactive ketones (excluding diaryl/α,β-unsaturated/α-hetero) is 1. The predicted octanol–water partition coefficient (Wildman–Crippen LogP) is 5.76. The zero-order chi connectivity index (χ0) is 28.1. The molecule has 3 aromatic rings. The number of nitrogens with one attached hydrogen (secondary N) is 1. The van der Waals surface area contributed by atoms with Crippen molar-refractivity contribution in [3.05, 3.63) is 91.8 Å². The van der Waals surface area contributed by atoms with Gasteiger partial charge < -0.3 is 15.0 Å². The van der Waals surface area contributed by atoms with Gasteiger partial charge in [-0.3, -0.25) is 14.6 Å². The second kappa shape index (κ2) is 12.9. The number of halogens is 4. The molecule has 2 heterocycles. The van der Waals surface area contributed by atoms with E-state index in [-0.39, 0.29) is 33.6 Å². The minimum Gasteiger partial charge on any atom is -0.380 e. The van der Waals surface area contributed by atoms with Crippen LogP contribution in [-0.2, 0) is 16.0 Å². The topological polar surface area (TPSA) is 83.9 Å². The van der Waals surface area contributed by atoms with Gasteiger partial charge >= 0.3 is 0 Å². The van der Waals surface area contributed by atoms with Crippen molar-refractivity contribution < 1.29 is 18.7 Å². The number of nitrogens with zero attached hydrogens (tertiary/aromatic N) is 3. The number of likely N-dealkylation sites (N-methyl/N-ethyl adjacent to an activating group) is 1. The van der Waals surface area contributed by atoms with E-state index in [9.17, 15) is 14.0 Å². The molecule has 1 aromatic heterocycles. The zero-order valence-corrected chi connectivity index (χ0v) is 23.6. The number of ketones is 1. The van der Waals surface area contributed by atoms with Gasteiger partial charge in [-0.15, -0.1) is 0 Å². The Kier molecular flexibility index (Phi) is 9.56. The number of hydrogen-bond acceptors (Lipinski definition) is 6. The third-order valence-electron chi connectivity index (χ3n) is 6.18. The summed E-state index contributed by atoms with van der Waals surface area (Å²) in [7, 11) is 0. The molecule has 204 valence electrons. The molecular formula is C28H26Cl3FN4O3. The molecule has 0 fully saturated rings. The molecule has 2 aromatic carbocycles. The predicted molar refractivity (Wildman–Crippen MR) is 152 cm³/mol. The highest BCUT2D eigenvalue weighted by Gasteiger charge is 2.30. The van der Waals surface area contributed by atoms with E-state index in [1.807, 2.05) is 19.9 Å². The molecule has 0 radical (unpaired) electrons. The Morgan fingerprint density at radius 3 is 2.56 bits per heavy atom. The highest BCUT2D eigenvalue weighted by Crippen LogP contribution is 2.33. The Balaban J connectivity index is 1.75. The Labute approximate surface area is 240 Å². The first kappa shape index (κ1) is 29.0. The molecule has 7 nitrogen and oxygen atoms in total. The number of aromatic nitrogens is 1. The fourth-order valence-electron chi connectivity index (χ4n) is 4.33. The van der Waals surface area contributed by atoms with Crippen molar-refractivity contribution in [2.24, 2.45) is 4.99 Å². The highest BCUT2D eigenvalue weighted by atomic mass is 35.5. The van der Waals surface area contributed by atoms with Gasteiger partial charge in [0.25, 0.3) is 5.91 Å². The first-order valence-corrected chi connectivity index (χ1v) is 13.5. The van der Waals surface area contributed by atoms with E-state index in [0.29, 0.717) is 53.7 Å². The first-order chi connectivity index (χ1) is 18.7. The van der Waals surface area contributed by atoms with Gasteiger partial charge in [-0.25, -0.2) is 9.37 Å². The molecule has 1 N–H and O–H groups in total. The summed E-state index contributed by atoms with van der Waals surface area (Å²) in [5, 5.41) is 3.49. The van der Waals surface area contributed by atoms with E-state index in [0.717, 1.165) is 12.3 Å². The summed E-state index contributed by atoms with van der Waals surface area (Å²) < 4.78 is 19.7. The lowest BCUT2D eigenvalue weighted by molar-refractivity contribution is -0.120. The quantitative estimate of drug-likeness (QED) is 0.320. The van der Waals surface area contributed by atoms with Crippen LogP contribution in [0.15, 0.2) is 53.7 Å². The number of ether oxygens (including phenoxy) is 1. The van der Waals surface area contributed by atoms with E-state index in [1.54, 1.807) is 23.1 Å². The minimum absolute atomic E-state index is 0.000642. The number of amides is 1. The van der Waals surface area contributed by atoms with Gasteiger partial charge in [0, 0.05) is 42.3 Å². The van der Waals surface area contributed by atoms with Crippen molar-refractivity contribution in [1.82, 2.24) is 10.3 Å². The summed E-state index contributed by atoms with van der Waals surface area (Å²) in [6.07, 6.45) is -0.248. The lowest BCUT2D eigenvalue weighted by Gasteiger charge is -2.24. The van der Waals surface area contributed by atoms with Gasteiger partial charge in [0.1, 0.15) is 11.6 Å². The van der Waals surface area contributed by atoms with Crippen molar-refractivity contribution in [3.63, 3.8) is 0 Å². The van der Waals surface area contributed by atoms with Crippen LogP contribution in [0.2, 0.25) is 15.1 Å². The van der Waals surface area contributed by atoms with Gasteiger partial charge in [0.15, 0.2) is 11.9 Å². The maximum absolute atomic E-state index is 14.3. The van der Waals surface area contributed by atoms with Gasteiger partial charge in [-0.1, -0.05) is 59.1 Å². The largest absolute Gasteiger partial charge is 0.380 e. The van der Waals surface area contributed by atoms with E-state index in [4.69, 9.17) is 39.5 Å². The lowest BCUT2D eigenvalue weighted by atomic mass is 9.96. The molecule has 0 saturated heterocycles. The van der Waals surface area contributed by atoms with Crippen LogP contribution < -0.4 is 10.2 Å². The summed E-state index contributed by atoms with van der Waals surface area (Å²) >= 11 is 19.2. The summed E-state index contributed by atoms with van der Waals surface area (Å²) in [6, 6.07) is 11.4. The average Bonchev–Trinajstić information content (AvgIpc) is 3.02. The summed E-state index contributed by atoms with van der Waals surface area (Å²) in [4.78, 5) is 37.5. The molecule has 1 aliphatic rings. The van der Waals surface area contributed by atoms with Crippen molar-refractivity contribution in [2.75, 3.05) is 31.2 Å². The zero-order valence-electron chi connectivity index (χ0n) is 21.3. The van der Waals surface area contributed by atoms with Crippen LogP contribution in [0.25, 0.3) is 0 Å². The molecule has 0 saturated carbocycles. The molecule has 1 atom stereocenters. The van der Waals surface area contributed by atoms with Gasteiger partial charge in [-0.2, -0.15) is 0 Å². The number of rotatable bonds is 9. The van der Waals surface area contributed by atoms with E-state index < -0.39 is 17.9 Å². The molecule has 0 spiro atoms. The van der Waals surface area contributed by atoms with Crippen LogP contribution in [0.5, 0.6) is 0 Å². The smallest absolute Gasteiger partial charge is 0.257 e. The number of pyridine rings is 1. The molecule has 1 aliphatic heterocycles. The molecule has 1 unspecified atom stereocenters. The van der Waals surface area contributed by atoms with Crippen LogP contribution in [0.4, 0.5) is 10.2 Å². The van der Waals surface area contributed by atoms with E-state index in [1.165, 1.54) is 12.1 Å². The number of carbonyl (C=O) groups excluding carboxylic acids is 2. The molecule has 39 heavy (non-hydrogen) atoms. The van der Waals surface area contributed by atoms with Crippen molar-refractivity contribution >= 4 is 58.0 Å². The van der Waals surface area contributed by atoms with Crippen LogP contribution in [0, 0.1) is 5.82 Å². The number of aliphatic imine (C=N–C) groups is 1. The average molecular weight is 592 g/mol. The van der Waals surface area contributed by atoms with E-state index in [2.05, 4.69) is 15.3 Å². The monoisotopic (exact) mass is 590 g/mol. The number of benzene rings is 2. The third kappa shape index (κ3) is 6.58. The van der Waals surface area contributed by atoms with Crippen LogP contribution >= 0.6 is 34.8 Å². The summed E-state index contributed by atoms with van der Waals surface area (Å²) in [5.41, 5.74) is 2.03. The highest BCUT2D eigenvalue weighted by molar-refractivity contribution is 6.43. The summed E-state index contributed by atoms with van der Waals surface area (Å²) in [5.74, 6) is -1.48. The number of fused-ring (bicyclic) bond motifs is 1. The molecule has 1 amide bonds. The molecular weight excluding hydrogens is 566 g/mol. The fraction of sp³-hybridized carbons (Fsp3) is 0.286.